The molecule has 0 saturated heterocycles. The maximum Gasteiger partial charge on any atom is 0.203 e. The van der Waals surface area contributed by atoms with Crippen LogP contribution in [0.1, 0.15) is 40.8 Å². The molecule has 0 unspecified atom stereocenters. The van der Waals surface area contributed by atoms with Crippen LogP contribution in [0.15, 0.2) is 47.8 Å². The van der Waals surface area contributed by atoms with Gasteiger partial charge in [-0.2, -0.15) is 0 Å². The van der Waals surface area contributed by atoms with Crippen molar-refractivity contribution < 1.29 is 14.2 Å². The average Bonchev–Trinajstić information content (AvgIpc) is 3.30. The predicted octanol–water partition coefficient (Wildman–Crippen LogP) is 6.31. The molecular formula is C26H31O3S. The minimum atomic E-state index is 0.683. The van der Waals surface area contributed by atoms with Crippen molar-refractivity contribution in [3.8, 4) is 17.2 Å². The average molecular weight is 424 g/mol. The van der Waals surface area contributed by atoms with Gasteiger partial charge in [0.25, 0.3) is 0 Å². The minimum Gasteiger partial charge on any atom is -0.492 e. The van der Waals surface area contributed by atoms with Crippen LogP contribution in [-0.2, 0) is 25.7 Å². The smallest absolute Gasteiger partial charge is 0.203 e. The van der Waals surface area contributed by atoms with Gasteiger partial charge in [0, 0.05) is 16.0 Å². The van der Waals surface area contributed by atoms with Crippen molar-refractivity contribution >= 4 is 11.3 Å². The molecule has 0 aliphatic heterocycles. The summed E-state index contributed by atoms with van der Waals surface area (Å²) >= 11 is 1.81. The normalized spacial score (nSPS) is 10.8. The van der Waals surface area contributed by atoms with Crippen LogP contribution in [0.4, 0.5) is 0 Å². The van der Waals surface area contributed by atoms with Crippen molar-refractivity contribution in [1.82, 2.24) is 0 Å². The summed E-state index contributed by atoms with van der Waals surface area (Å²) in [6.07, 6.45) is 7.22. The summed E-state index contributed by atoms with van der Waals surface area (Å²) in [7, 11) is 5.05. The van der Waals surface area contributed by atoms with E-state index in [-0.39, 0.29) is 0 Å². The zero-order valence-electron chi connectivity index (χ0n) is 18.2. The van der Waals surface area contributed by atoms with Crippen molar-refractivity contribution in [2.75, 3.05) is 21.3 Å². The highest BCUT2D eigenvalue weighted by molar-refractivity contribution is 7.09. The molecule has 1 radical (unpaired) electrons. The predicted molar refractivity (Wildman–Crippen MR) is 124 cm³/mol. The van der Waals surface area contributed by atoms with E-state index < -0.39 is 0 Å². The molecule has 3 aromatic rings. The third-order valence-corrected chi connectivity index (χ3v) is 6.23. The lowest BCUT2D eigenvalue weighted by atomic mass is 9.97. The summed E-state index contributed by atoms with van der Waals surface area (Å²) in [5.41, 5.74) is 3.54. The Morgan fingerprint density at radius 2 is 1.30 bits per heavy atom. The maximum atomic E-state index is 5.71. The molecule has 159 valence electrons. The highest BCUT2D eigenvalue weighted by Gasteiger charge is 2.20. The van der Waals surface area contributed by atoms with Crippen molar-refractivity contribution in [2.24, 2.45) is 0 Å². The molecule has 30 heavy (non-hydrogen) atoms. The van der Waals surface area contributed by atoms with E-state index in [0.29, 0.717) is 5.75 Å². The van der Waals surface area contributed by atoms with E-state index in [1.54, 1.807) is 21.3 Å². The molecule has 0 fully saturated rings. The van der Waals surface area contributed by atoms with Crippen LogP contribution in [0, 0.1) is 6.07 Å². The van der Waals surface area contributed by atoms with Gasteiger partial charge in [-0.25, -0.2) is 0 Å². The second-order valence-corrected chi connectivity index (χ2v) is 8.34. The maximum absolute atomic E-state index is 5.71. The number of aryl methyl sites for hydroxylation is 4. The molecule has 0 N–H and O–H groups in total. The van der Waals surface area contributed by atoms with Crippen LogP contribution in [0.25, 0.3) is 0 Å². The van der Waals surface area contributed by atoms with Crippen LogP contribution in [0.5, 0.6) is 17.2 Å². The number of hydrogen-bond donors (Lipinski definition) is 0. The molecule has 1 aromatic heterocycles. The number of unbranched alkanes of at least 4 members (excludes halogenated alkanes) is 1. The molecule has 1 heterocycles. The lowest BCUT2D eigenvalue weighted by molar-refractivity contribution is 0.319. The van der Waals surface area contributed by atoms with Gasteiger partial charge in [-0.15, -0.1) is 11.3 Å². The van der Waals surface area contributed by atoms with Gasteiger partial charge in [-0.05, 0) is 68.0 Å². The Morgan fingerprint density at radius 1 is 0.667 bits per heavy atom. The van der Waals surface area contributed by atoms with Gasteiger partial charge in [0.05, 0.1) is 21.3 Å². The number of rotatable bonds is 12. The number of ether oxygens (including phenoxy) is 3. The summed E-state index contributed by atoms with van der Waals surface area (Å²) in [6.45, 7) is 0. The van der Waals surface area contributed by atoms with Crippen molar-refractivity contribution in [3.05, 3.63) is 75.5 Å². The zero-order chi connectivity index (χ0) is 21.2. The van der Waals surface area contributed by atoms with Crippen molar-refractivity contribution in [3.63, 3.8) is 0 Å². The standard InChI is InChI=1S/C26H31O3S/c1-27-24-21(14-8-7-13-20-11-5-4-6-12-20)19-22(25(28-2)26(24)29-3)15-9-16-23-17-10-18-30-23/h4-6,10-12,17-18H,7-9,13-16H2,1-3H3. The van der Waals surface area contributed by atoms with Crippen LogP contribution < -0.4 is 14.2 Å². The van der Waals surface area contributed by atoms with Crippen molar-refractivity contribution in [2.45, 2.75) is 44.9 Å². The Labute approximate surface area is 184 Å². The Balaban J connectivity index is 1.71. The Morgan fingerprint density at radius 3 is 1.90 bits per heavy atom. The summed E-state index contributed by atoms with van der Waals surface area (Å²) in [4.78, 5) is 1.41. The lowest BCUT2D eigenvalue weighted by Gasteiger charge is -2.19. The first-order chi connectivity index (χ1) is 14.8. The van der Waals surface area contributed by atoms with E-state index in [1.807, 2.05) is 11.3 Å². The van der Waals surface area contributed by atoms with Gasteiger partial charge >= 0.3 is 0 Å². The molecular weight excluding hydrogens is 392 g/mol. The quantitative estimate of drug-likeness (QED) is 0.319. The largest absolute Gasteiger partial charge is 0.492 e. The molecule has 2 aromatic carbocycles. The zero-order valence-corrected chi connectivity index (χ0v) is 19.0. The van der Waals surface area contributed by atoms with E-state index in [1.165, 1.54) is 10.4 Å². The second-order valence-electron chi connectivity index (χ2n) is 7.31. The van der Waals surface area contributed by atoms with E-state index in [2.05, 4.69) is 53.9 Å². The van der Waals surface area contributed by atoms with E-state index in [4.69, 9.17) is 14.2 Å². The number of thiophene rings is 1. The van der Waals surface area contributed by atoms with Crippen LogP contribution in [-0.4, -0.2) is 21.3 Å². The summed E-state index contributed by atoms with van der Waals surface area (Å²) in [5, 5.41) is 2.13. The Kier molecular flexibility index (Phi) is 8.64. The molecule has 0 bridgehead atoms. The first kappa shape index (κ1) is 22.2. The lowest BCUT2D eigenvalue weighted by Crippen LogP contribution is -2.04. The highest BCUT2D eigenvalue weighted by Crippen LogP contribution is 2.43. The second kappa shape index (κ2) is 11.7. The number of methoxy groups -OCH3 is 3. The topological polar surface area (TPSA) is 27.7 Å². The fraction of sp³-hybridized carbons (Fsp3) is 0.385. The van der Waals surface area contributed by atoms with Crippen LogP contribution in [0.2, 0.25) is 0 Å². The van der Waals surface area contributed by atoms with Gasteiger partial charge in [0.15, 0.2) is 11.5 Å². The monoisotopic (exact) mass is 423 g/mol. The summed E-state index contributed by atoms with van der Waals surface area (Å²) in [5.74, 6) is 2.17. The fourth-order valence-electron chi connectivity index (χ4n) is 3.81. The van der Waals surface area contributed by atoms with E-state index in [9.17, 15) is 0 Å². The van der Waals surface area contributed by atoms with Gasteiger partial charge in [-0.1, -0.05) is 36.4 Å². The van der Waals surface area contributed by atoms with E-state index in [0.717, 1.165) is 67.6 Å². The van der Waals surface area contributed by atoms with E-state index >= 15 is 0 Å². The van der Waals surface area contributed by atoms with Crippen LogP contribution >= 0.6 is 11.3 Å². The van der Waals surface area contributed by atoms with Crippen molar-refractivity contribution in [1.29, 1.82) is 0 Å². The fourth-order valence-corrected chi connectivity index (χ4v) is 4.56. The van der Waals surface area contributed by atoms with Gasteiger partial charge in [0.1, 0.15) is 0 Å². The van der Waals surface area contributed by atoms with Gasteiger partial charge in [-0.3, -0.25) is 0 Å². The molecule has 0 aliphatic rings. The third kappa shape index (κ3) is 5.79. The number of hydrogen-bond acceptors (Lipinski definition) is 4. The highest BCUT2D eigenvalue weighted by atomic mass is 32.1. The molecule has 0 atom stereocenters. The molecule has 0 spiro atoms. The van der Waals surface area contributed by atoms with Crippen LogP contribution in [0.3, 0.4) is 0 Å². The minimum absolute atomic E-state index is 0.683. The molecule has 0 aliphatic carbocycles. The van der Waals surface area contributed by atoms with Gasteiger partial charge < -0.3 is 14.2 Å². The third-order valence-electron chi connectivity index (χ3n) is 5.29. The summed E-state index contributed by atoms with van der Waals surface area (Å²) < 4.78 is 17.1. The molecule has 0 saturated carbocycles. The number of benzene rings is 2. The molecule has 3 rings (SSSR count). The molecule has 4 heteroatoms. The summed E-state index contributed by atoms with van der Waals surface area (Å²) in [6, 6.07) is 18.6. The Hall–Kier alpha value is -2.46. The Bertz CT molecular complexity index is 888. The molecule has 0 amide bonds. The first-order valence-electron chi connectivity index (χ1n) is 10.6. The first-order valence-corrected chi connectivity index (χ1v) is 11.4. The molecule has 3 nitrogen and oxygen atoms in total. The van der Waals surface area contributed by atoms with Gasteiger partial charge in [0.2, 0.25) is 5.75 Å². The SMILES string of the molecule is COc1c(CCCCc2ccccc2)[c]c(CCCc2cccs2)c(OC)c1OC.